The minimum Gasteiger partial charge on any atom is -0.495 e. The molecule has 0 aliphatic carbocycles. The molecule has 1 N–H and O–H groups in total. The average Bonchev–Trinajstić information content (AvgIpc) is 3.38. The van der Waals surface area contributed by atoms with Crippen molar-refractivity contribution in [2.45, 2.75) is 43.2 Å². The van der Waals surface area contributed by atoms with Crippen molar-refractivity contribution in [1.29, 1.82) is 0 Å². The zero-order valence-corrected chi connectivity index (χ0v) is 19.8. The molecule has 2 atom stereocenters. The number of aryl methyl sites for hydroxylation is 1. The molecule has 2 unspecified atom stereocenters. The number of methoxy groups -OCH3 is 1. The number of ether oxygens (including phenoxy) is 3. The number of carbonyl (C=O) groups excluding carboxylic acids is 1. The number of anilines is 1. The highest BCUT2D eigenvalue weighted by Crippen LogP contribution is 2.29. The molecule has 33 heavy (non-hydrogen) atoms. The van der Waals surface area contributed by atoms with Crippen molar-refractivity contribution in [2.24, 2.45) is 0 Å². The van der Waals surface area contributed by atoms with Crippen molar-refractivity contribution in [2.75, 3.05) is 38.2 Å². The highest BCUT2D eigenvalue weighted by molar-refractivity contribution is 7.92. The molecule has 0 spiro atoms. The molecule has 0 saturated carbocycles. The summed E-state index contributed by atoms with van der Waals surface area (Å²) in [6, 6.07) is 11.5. The van der Waals surface area contributed by atoms with Gasteiger partial charge in [0.25, 0.3) is 15.9 Å². The van der Waals surface area contributed by atoms with Crippen molar-refractivity contribution in [3.05, 3.63) is 53.6 Å². The second-order valence-corrected chi connectivity index (χ2v) is 9.86. The molecule has 2 aromatic rings. The standard InChI is InChI=1S/C24H30N2O6S/c1-3-17-6-9-19(10-7-17)25-33(28,29)23-15-18(8-11-22(23)30-2)24(27)26-12-14-31-16-20(26)21-5-4-13-32-21/h6-11,15,20-21,25H,3-5,12-14,16H2,1-2H3. The largest absolute Gasteiger partial charge is 0.495 e. The predicted molar refractivity (Wildman–Crippen MR) is 124 cm³/mol. The van der Waals surface area contributed by atoms with Crippen LogP contribution in [0.4, 0.5) is 5.69 Å². The number of hydrogen-bond acceptors (Lipinski definition) is 6. The lowest BCUT2D eigenvalue weighted by Crippen LogP contribution is -2.54. The minimum absolute atomic E-state index is 0.0662. The number of benzene rings is 2. The van der Waals surface area contributed by atoms with Crippen molar-refractivity contribution >= 4 is 21.6 Å². The second kappa shape index (κ2) is 10.1. The highest BCUT2D eigenvalue weighted by Gasteiger charge is 2.36. The fourth-order valence-electron chi connectivity index (χ4n) is 4.29. The maximum atomic E-state index is 13.4. The van der Waals surface area contributed by atoms with Crippen molar-refractivity contribution in [3.8, 4) is 5.75 Å². The summed E-state index contributed by atoms with van der Waals surface area (Å²) in [5, 5.41) is 0. The van der Waals surface area contributed by atoms with Gasteiger partial charge in [-0.05, 0) is 55.2 Å². The average molecular weight is 475 g/mol. The molecule has 4 rings (SSSR count). The molecule has 8 nitrogen and oxygen atoms in total. The molecule has 9 heteroatoms. The smallest absolute Gasteiger partial charge is 0.265 e. The van der Waals surface area contributed by atoms with Gasteiger partial charge in [0, 0.05) is 24.4 Å². The molecular formula is C24H30N2O6S. The summed E-state index contributed by atoms with van der Waals surface area (Å²) in [5.41, 5.74) is 1.83. The Balaban J connectivity index is 1.61. The van der Waals surface area contributed by atoms with Gasteiger partial charge in [0.15, 0.2) is 0 Å². The third-order valence-electron chi connectivity index (χ3n) is 6.13. The van der Waals surface area contributed by atoms with Crippen molar-refractivity contribution in [1.82, 2.24) is 4.90 Å². The Hall–Kier alpha value is -2.62. The Kier molecular flexibility index (Phi) is 7.21. The number of sulfonamides is 1. The van der Waals surface area contributed by atoms with E-state index in [4.69, 9.17) is 14.2 Å². The first-order valence-electron chi connectivity index (χ1n) is 11.2. The predicted octanol–water partition coefficient (Wildman–Crippen LogP) is 3.08. The third-order valence-corrected chi connectivity index (χ3v) is 7.54. The Bertz CT molecular complexity index is 1080. The van der Waals surface area contributed by atoms with Gasteiger partial charge in [-0.1, -0.05) is 19.1 Å². The van der Waals surface area contributed by atoms with Crippen molar-refractivity contribution < 1.29 is 27.4 Å². The number of amides is 1. The van der Waals surface area contributed by atoms with Gasteiger partial charge in [-0.2, -0.15) is 0 Å². The highest BCUT2D eigenvalue weighted by atomic mass is 32.2. The number of carbonyl (C=O) groups is 1. The summed E-state index contributed by atoms with van der Waals surface area (Å²) in [6.07, 6.45) is 2.63. The van der Waals surface area contributed by atoms with E-state index in [9.17, 15) is 13.2 Å². The molecule has 2 aliphatic heterocycles. The maximum Gasteiger partial charge on any atom is 0.265 e. The molecule has 0 aromatic heterocycles. The Labute approximate surface area is 194 Å². The summed E-state index contributed by atoms with van der Waals surface area (Å²) in [6.45, 7) is 3.99. The Morgan fingerprint density at radius 2 is 1.97 bits per heavy atom. The molecule has 2 heterocycles. The Morgan fingerprint density at radius 1 is 1.18 bits per heavy atom. The lowest BCUT2D eigenvalue weighted by Gasteiger charge is -2.38. The summed E-state index contributed by atoms with van der Waals surface area (Å²) >= 11 is 0. The first kappa shape index (κ1) is 23.5. The first-order valence-corrected chi connectivity index (χ1v) is 12.7. The monoisotopic (exact) mass is 474 g/mol. The zero-order valence-electron chi connectivity index (χ0n) is 19.0. The van der Waals surface area contributed by atoms with Gasteiger partial charge in [-0.3, -0.25) is 9.52 Å². The SMILES string of the molecule is CCc1ccc(NS(=O)(=O)c2cc(C(=O)N3CCOCC3C3CCCO3)ccc2OC)cc1. The van der Waals surface area contributed by atoms with Gasteiger partial charge >= 0.3 is 0 Å². The van der Waals surface area contributed by atoms with Crippen molar-refractivity contribution in [3.63, 3.8) is 0 Å². The van der Waals surface area contributed by atoms with Crippen LogP contribution in [-0.4, -0.2) is 64.8 Å². The number of rotatable bonds is 7. The van der Waals surface area contributed by atoms with Crippen LogP contribution in [-0.2, 0) is 25.9 Å². The lowest BCUT2D eigenvalue weighted by atomic mass is 10.0. The molecule has 2 saturated heterocycles. The van der Waals surface area contributed by atoms with Crippen LogP contribution in [0.15, 0.2) is 47.4 Å². The van der Waals surface area contributed by atoms with E-state index in [1.54, 1.807) is 23.1 Å². The lowest BCUT2D eigenvalue weighted by molar-refractivity contribution is -0.0530. The summed E-state index contributed by atoms with van der Waals surface area (Å²) in [5.74, 6) is -0.0768. The van der Waals surface area contributed by atoms with Crippen LogP contribution in [0.25, 0.3) is 0 Å². The van der Waals surface area contributed by atoms with E-state index in [-0.39, 0.29) is 34.3 Å². The van der Waals surface area contributed by atoms with Crippen LogP contribution in [0, 0.1) is 0 Å². The Morgan fingerprint density at radius 3 is 2.64 bits per heavy atom. The second-order valence-electron chi connectivity index (χ2n) is 8.21. The normalized spacial score (nSPS) is 21.1. The number of nitrogens with one attached hydrogen (secondary N) is 1. The van der Waals surface area contributed by atoms with E-state index in [2.05, 4.69) is 4.72 Å². The molecule has 2 aromatic carbocycles. The molecule has 0 radical (unpaired) electrons. The van der Waals surface area contributed by atoms with Crippen LogP contribution < -0.4 is 9.46 Å². The summed E-state index contributed by atoms with van der Waals surface area (Å²) < 4.78 is 45.7. The zero-order chi connectivity index (χ0) is 23.4. The van der Waals surface area contributed by atoms with Crippen LogP contribution in [0.3, 0.4) is 0 Å². The van der Waals surface area contributed by atoms with Crippen LogP contribution in [0.2, 0.25) is 0 Å². The van der Waals surface area contributed by atoms with Gasteiger partial charge in [-0.25, -0.2) is 8.42 Å². The number of morpholine rings is 1. The molecule has 2 aliphatic rings. The summed E-state index contributed by atoms with van der Waals surface area (Å²) in [4.78, 5) is 15.1. The van der Waals surface area contributed by atoms with Gasteiger partial charge < -0.3 is 19.1 Å². The minimum atomic E-state index is -3.99. The molecule has 178 valence electrons. The third kappa shape index (κ3) is 5.15. The van der Waals surface area contributed by atoms with E-state index in [1.165, 1.54) is 19.2 Å². The number of nitrogens with zero attached hydrogens (tertiary/aromatic N) is 1. The van der Waals surface area contributed by atoms with Gasteiger partial charge in [0.1, 0.15) is 10.6 Å². The van der Waals surface area contributed by atoms with E-state index in [1.807, 2.05) is 19.1 Å². The number of hydrogen-bond donors (Lipinski definition) is 1. The van der Waals surface area contributed by atoms with E-state index >= 15 is 0 Å². The fourth-order valence-corrected chi connectivity index (χ4v) is 5.55. The quantitative estimate of drug-likeness (QED) is 0.663. The molecule has 0 bridgehead atoms. The molecule has 2 fully saturated rings. The van der Waals surface area contributed by atoms with Crippen LogP contribution in [0.5, 0.6) is 5.75 Å². The van der Waals surface area contributed by atoms with E-state index in [0.717, 1.165) is 24.8 Å². The van der Waals surface area contributed by atoms with E-state index in [0.29, 0.717) is 32.1 Å². The molecular weight excluding hydrogens is 444 g/mol. The van der Waals surface area contributed by atoms with Gasteiger partial charge in [0.05, 0.1) is 32.5 Å². The van der Waals surface area contributed by atoms with E-state index < -0.39 is 10.0 Å². The summed E-state index contributed by atoms with van der Waals surface area (Å²) in [7, 11) is -2.58. The van der Waals surface area contributed by atoms with Gasteiger partial charge in [-0.15, -0.1) is 0 Å². The maximum absolute atomic E-state index is 13.4. The topological polar surface area (TPSA) is 94.2 Å². The van der Waals surface area contributed by atoms with Crippen LogP contribution >= 0.6 is 0 Å². The van der Waals surface area contributed by atoms with Gasteiger partial charge in [0.2, 0.25) is 0 Å². The fraction of sp³-hybridized carbons (Fsp3) is 0.458. The molecule has 1 amide bonds. The first-order chi connectivity index (χ1) is 15.9. The van der Waals surface area contributed by atoms with Crippen LogP contribution in [0.1, 0.15) is 35.7 Å².